The van der Waals surface area contributed by atoms with Gasteiger partial charge >= 0.3 is 0 Å². The third kappa shape index (κ3) is 5.64. The molecule has 1 aliphatic heterocycles. The van der Waals surface area contributed by atoms with Crippen molar-refractivity contribution >= 4 is 16.9 Å². The number of piperidine rings is 1. The van der Waals surface area contributed by atoms with Gasteiger partial charge in [0.1, 0.15) is 0 Å². The van der Waals surface area contributed by atoms with Crippen molar-refractivity contribution in [3.8, 4) is 0 Å². The number of halogens is 2. The Morgan fingerprint density at radius 1 is 1.16 bits per heavy atom. The molecule has 1 N–H and O–H groups in total. The topological polar surface area (TPSA) is 67.6 Å². The van der Waals surface area contributed by atoms with Crippen LogP contribution in [-0.4, -0.2) is 55.4 Å². The Balaban J connectivity index is 1.18. The molecular weight excluding hydrogens is 416 g/mol. The van der Waals surface area contributed by atoms with Gasteiger partial charge in [-0.05, 0) is 76.6 Å². The lowest BCUT2D eigenvalue weighted by atomic mass is 9.83. The first-order valence-electron chi connectivity index (χ1n) is 11.8. The Bertz CT molecular complexity index is 903. The van der Waals surface area contributed by atoms with Crippen molar-refractivity contribution < 1.29 is 22.8 Å². The monoisotopic (exact) mass is 449 g/mol. The lowest BCUT2D eigenvalue weighted by molar-refractivity contribution is -0.122. The zero-order chi connectivity index (χ0) is 22.5. The number of hydrogen-bond donors (Lipinski definition) is 1. The van der Waals surface area contributed by atoms with Crippen molar-refractivity contribution in [3.63, 3.8) is 0 Å². The highest BCUT2D eigenvalue weighted by molar-refractivity contribution is 5.80. The summed E-state index contributed by atoms with van der Waals surface area (Å²) in [6.45, 7) is 3.52. The summed E-state index contributed by atoms with van der Waals surface area (Å²) in [6, 6.07) is 2.59. The molecule has 2 fully saturated rings. The minimum atomic E-state index is -0.905. The van der Waals surface area contributed by atoms with E-state index < -0.39 is 11.6 Å². The molecule has 0 atom stereocenters. The number of methoxy groups -OCH3 is 1. The largest absolute Gasteiger partial charge is 0.384 e. The lowest BCUT2D eigenvalue weighted by Crippen LogP contribution is -2.39. The van der Waals surface area contributed by atoms with Gasteiger partial charge in [-0.25, -0.2) is 8.78 Å². The molecule has 1 saturated heterocycles. The van der Waals surface area contributed by atoms with Gasteiger partial charge in [-0.2, -0.15) is 0 Å². The second-order valence-corrected chi connectivity index (χ2v) is 9.26. The molecule has 176 valence electrons. The van der Waals surface area contributed by atoms with Gasteiger partial charge in [0, 0.05) is 36.9 Å². The van der Waals surface area contributed by atoms with E-state index in [0.717, 1.165) is 63.0 Å². The molecule has 4 rings (SSSR count). The van der Waals surface area contributed by atoms with Crippen LogP contribution in [0.25, 0.3) is 11.0 Å². The van der Waals surface area contributed by atoms with Gasteiger partial charge in [0.25, 0.3) is 0 Å². The quantitative estimate of drug-likeness (QED) is 0.648. The molecule has 2 aromatic rings. The molecule has 2 aliphatic rings. The fraction of sp³-hybridized carbons (Fsp3) is 0.667. The molecule has 8 heteroatoms. The SMILES string of the molecule is COCCC(=O)NC1CCC(CCN2CCC(c3noc4cc(F)c(F)cc34)CC2)CC1. The molecule has 0 radical (unpaired) electrons. The minimum absolute atomic E-state index is 0.0888. The number of carbonyl (C=O) groups is 1. The molecule has 6 nitrogen and oxygen atoms in total. The first-order valence-corrected chi connectivity index (χ1v) is 11.8. The van der Waals surface area contributed by atoms with Crippen LogP contribution >= 0.6 is 0 Å². The average Bonchev–Trinajstić information content (AvgIpc) is 3.20. The van der Waals surface area contributed by atoms with Crippen LogP contribution in [0.15, 0.2) is 16.7 Å². The number of ether oxygens (including phenoxy) is 1. The van der Waals surface area contributed by atoms with Gasteiger partial charge < -0.3 is 19.5 Å². The molecule has 1 saturated carbocycles. The van der Waals surface area contributed by atoms with E-state index in [0.29, 0.717) is 30.0 Å². The Morgan fingerprint density at radius 2 is 1.88 bits per heavy atom. The fourth-order valence-corrected chi connectivity index (χ4v) is 5.13. The van der Waals surface area contributed by atoms with E-state index in [1.807, 2.05) is 0 Å². The number of nitrogens with zero attached hydrogens (tertiary/aromatic N) is 2. The maximum absolute atomic E-state index is 13.7. The Morgan fingerprint density at radius 3 is 2.59 bits per heavy atom. The van der Waals surface area contributed by atoms with Crippen LogP contribution in [0.5, 0.6) is 0 Å². The van der Waals surface area contributed by atoms with Gasteiger partial charge in [-0.1, -0.05) is 5.16 Å². The number of fused-ring (bicyclic) bond motifs is 1. The number of rotatable bonds is 8. The minimum Gasteiger partial charge on any atom is -0.384 e. The molecule has 0 unspecified atom stereocenters. The summed E-state index contributed by atoms with van der Waals surface area (Å²) in [5.41, 5.74) is 1.07. The van der Waals surface area contributed by atoms with Crippen LogP contribution in [-0.2, 0) is 9.53 Å². The second-order valence-electron chi connectivity index (χ2n) is 9.26. The molecule has 0 bridgehead atoms. The number of aromatic nitrogens is 1. The highest BCUT2D eigenvalue weighted by atomic mass is 19.2. The molecule has 2 heterocycles. The van der Waals surface area contributed by atoms with Crippen LogP contribution < -0.4 is 5.32 Å². The molecule has 1 aromatic heterocycles. The predicted molar refractivity (Wildman–Crippen MR) is 117 cm³/mol. The van der Waals surface area contributed by atoms with Crippen LogP contribution in [0, 0.1) is 17.6 Å². The molecule has 0 spiro atoms. The van der Waals surface area contributed by atoms with Crippen molar-refractivity contribution in [1.29, 1.82) is 0 Å². The zero-order valence-corrected chi connectivity index (χ0v) is 18.7. The zero-order valence-electron chi connectivity index (χ0n) is 18.7. The number of nitrogens with one attached hydrogen (secondary N) is 1. The molecule has 1 aromatic carbocycles. The van der Waals surface area contributed by atoms with E-state index in [-0.39, 0.29) is 11.8 Å². The number of carbonyl (C=O) groups excluding carboxylic acids is 1. The van der Waals surface area contributed by atoms with Gasteiger partial charge in [0.05, 0.1) is 12.3 Å². The van der Waals surface area contributed by atoms with Gasteiger partial charge in [-0.3, -0.25) is 4.79 Å². The Hall–Kier alpha value is -2.06. The van der Waals surface area contributed by atoms with Gasteiger partial charge in [0.15, 0.2) is 17.2 Å². The lowest BCUT2D eigenvalue weighted by Gasteiger charge is -2.34. The summed E-state index contributed by atoms with van der Waals surface area (Å²) < 4.78 is 37.3. The maximum atomic E-state index is 13.7. The third-order valence-electron chi connectivity index (χ3n) is 7.11. The van der Waals surface area contributed by atoms with Gasteiger partial charge in [-0.15, -0.1) is 0 Å². The highest BCUT2D eigenvalue weighted by Gasteiger charge is 2.27. The van der Waals surface area contributed by atoms with Crippen LogP contribution in [0.2, 0.25) is 0 Å². The average molecular weight is 450 g/mol. The van der Waals surface area contributed by atoms with E-state index in [2.05, 4.69) is 15.4 Å². The summed E-state index contributed by atoms with van der Waals surface area (Å²) in [5, 5.41) is 7.85. The Labute approximate surface area is 187 Å². The normalized spacial score (nSPS) is 23.0. The molecule has 32 heavy (non-hydrogen) atoms. The van der Waals surface area contributed by atoms with Crippen LogP contribution in [0.3, 0.4) is 0 Å². The highest BCUT2D eigenvalue weighted by Crippen LogP contribution is 2.34. The fourth-order valence-electron chi connectivity index (χ4n) is 5.13. The number of likely N-dealkylation sites (tertiary alicyclic amines) is 1. The van der Waals surface area contributed by atoms with Crippen LogP contribution in [0.1, 0.15) is 63.0 Å². The van der Waals surface area contributed by atoms with Crippen molar-refractivity contribution in [1.82, 2.24) is 15.4 Å². The van der Waals surface area contributed by atoms with Crippen molar-refractivity contribution in [2.24, 2.45) is 5.92 Å². The standard InChI is InChI=1S/C24H33F2N3O3/c1-31-13-9-23(30)27-18-4-2-16(3-5-18)6-10-29-11-7-17(8-12-29)24-19-14-20(25)21(26)15-22(19)32-28-24/h14-18H,2-13H2,1H3,(H,27,30). The van der Waals surface area contributed by atoms with E-state index in [1.54, 1.807) is 7.11 Å². The molecule has 1 aliphatic carbocycles. The van der Waals surface area contributed by atoms with E-state index >= 15 is 0 Å². The first-order chi connectivity index (χ1) is 15.5. The number of hydrogen-bond acceptors (Lipinski definition) is 5. The number of amides is 1. The smallest absolute Gasteiger partial charge is 0.222 e. The predicted octanol–water partition coefficient (Wildman–Crippen LogP) is 4.39. The summed E-state index contributed by atoms with van der Waals surface area (Å²) >= 11 is 0. The molecular formula is C24H33F2N3O3. The summed E-state index contributed by atoms with van der Waals surface area (Å²) in [5.74, 6) is -0.737. The summed E-state index contributed by atoms with van der Waals surface area (Å²) in [6.07, 6.45) is 7.96. The maximum Gasteiger partial charge on any atom is 0.222 e. The van der Waals surface area contributed by atoms with E-state index in [4.69, 9.17) is 9.26 Å². The van der Waals surface area contributed by atoms with E-state index in [1.165, 1.54) is 25.3 Å². The molecule has 1 amide bonds. The second kappa shape index (κ2) is 10.7. The van der Waals surface area contributed by atoms with E-state index in [9.17, 15) is 13.6 Å². The van der Waals surface area contributed by atoms with Gasteiger partial charge in [0.2, 0.25) is 5.91 Å². The van der Waals surface area contributed by atoms with Crippen molar-refractivity contribution in [3.05, 3.63) is 29.5 Å². The summed E-state index contributed by atoms with van der Waals surface area (Å²) in [4.78, 5) is 14.4. The number of benzene rings is 1. The van der Waals surface area contributed by atoms with Crippen molar-refractivity contribution in [2.75, 3.05) is 33.4 Å². The third-order valence-corrected chi connectivity index (χ3v) is 7.11. The summed E-state index contributed by atoms with van der Waals surface area (Å²) in [7, 11) is 1.61. The first kappa shape index (κ1) is 23.1. The van der Waals surface area contributed by atoms with Crippen molar-refractivity contribution in [2.45, 2.75) is 63.3 Å². The van der Waals surface area contributed by atoms with Crippen LogP contribution in [0.4, 0.5) is 8.78 Å². The Kier molecular flexibility index (Phi) is 7.73.